The second-order valence-corrected chi connectivity index (χ2v) is 7.49. The molecule has 3 rings (SSSR count). The number of amides is 2. The molecule has 2 amide bonds. The van der Waals surface area contributed by atoms with Crippen LogP contribution in [-0.4, -0.2) is 47.9 Å². The molecule has 0 saturated carbocycles. The maximum Gasteiger partial charge on any atom is 0.319 e. The van der Waals surface area contributed by atoms with Gasteiger partial charge in [0.05, 0.1) is 25.4 Å². The van der Waals surface area contributed by atoms with Gasteiger partial charge in [-0.2, -0.15) is 0 Å². The second-order valence-electron chi connectivity index (χ2n) is 7.49. The highest BCUT2D eigenvalue weighted by Gasteiger charge is 2.14. The monoisotopic (exact) mass is 456 g/mol. The number of carbonyl (C=O) groups is 1. The van der Waals surface area contributed by atoms with E-state index in [2.05, 4.69) is 25.2 Å². The number of nitrogens with zero attached hydrogens (tertiary/aromatic N) is 3. The lowest BCUT2D eigenvalue weighted by Crippen LogP contribution is -2.29. The summed E-state index contributed by atoms with van der Waals surface area (Å²) in [5.41, 5.74) is 9.14. The predicted molar refractivity (Wildman–Crippen MR) is 128 cm³/mol. The smallest absolute Gasteiger partial charge is 0.319 e. The van der Waals surface area contributed by atoms with E-state index in [1.54, 1.807) is 32.4 Å². The summed E-state index contributed by atoms with van der Waals surface area (Å²) < 4.78 is 18.2. The minimum Gasteiger partial charge on any atom is -0.497 e. The SMILES string of the molecule is CCOCc1nc2c(N)nc(C)cc2n1CCCCNC(=O)Nc1ccc(OC)cc1OC. The van der Waals surface area contributed by atoms with E-state index in [0.29, 0.717) is 48.3 Å². The first-order chi connectivity index (χ1) is 16.0. The number of methoxy groups -OCH3 is 2. The van der Waals surface area contributed by atoms with Gasteiger partial charge in [0.2, 0.25) is 0 Å². The standard InChI is InChI=1S/C23H32N6O4/c1-5-33-14-20-28-21-18(12-15(2)26-22(21)24)29(20)11-7-6-10-25-23(30)27-17-9-8-16(31-3)13-19(17)32-4/h8-9,12-13H,5-7,10-11,14H2,1-4H3,(H2,24,26)(H2,25,27,30). The summed E-state index contributed by atoms with van der Waals surface area (Å²) in [6.45, 7) is 6.14. The van der Waals surface area contributed by atoms with Gasteiger partial charge in [-0.3, -0.25) is 0 Å². The fraction of sp³-hybridized carbons (Fsp3) is 0.435. The number of pyridine rings is 1. The molecule has 178 valence electrons. The van der Waals surface area contributed by atoms with Gasteiger partial charge in [0.1, 0.15) is 29.4 Å². The van der Waals surface area contributed by atoms with E-state index in [-0.39, 0.29) is 6.03 Å². The van der Waals surface area contributed by atoms with E-state index in [9.17, 15) is 4.79 Å². The highest BCUT2D eigenvalue weighted by Crippen LogP contribution is 2.29. The number of fused-ring (bicyclic) bond motifs is 1. The van der Waals surface area contributed by atoms with Gasteiger partial charge in [-0.25, -0.2) is 14.8 Å². The van der Waals surface area contributed by atoms with Crippen LogP contribution in [0, 0.1) is 6.92 Å². The Bertz CT molecular complexity index is 1100. The van der Waals surface area contributed by atoms with Crippen LogP contribution in [0.5, 0.6) is 11.5 Å². The molecule has 0 saturated heterocycles. The van der Waals surface area contributed by atoms with Crippen molar-refractivity contribution in [3.8, 4) is 11.5 Å². The van der Waals surface area contributed by atoms with Crippen LogP contribution in [0.3, 0.4) is 0 Å². The van der Waals surface area contributed by atoms with Crippen LogP contribution < -0.4 is 25.8 Å². The van der Waals surface area contributed by atoms with Gasteiger partial charge in [-0.15, -0.1) is 0 Å². The molecule has 10 heteroatoms. The number of rotatable bonds is 11. The first-order valence-corrected chi connectivity index (χ1v) is 10.9. The van der Waals surface area contributed by atoms with E-state index < -0.39 is 0 Å². The van der Waals surface area contributed by atoms with Crippen molar-refractivity contribution in [2.45, 2.75) is 39.8 Å². The summed E-state index contributed by atoms with van der Waals surface area (Å²) in [5.74, 6) is 2.43. The lowest BCUT2D eigenvalue weighted by Gasteiger charge is -2.13. The normalized spacial score (nSPS) is 10.9. The molecule has 0 fully saturated rings. The van der Waals surface area contributed by atoms with E-state index in [0.717, 1.165) is 36.4 Å². The van der Waals surface area contributed by atoms with Crippen molar-refractivity contribution >= 4 is 28.6 Å². The molecule has 0 spiro atoms. The molecule has 3 aromatic rings. The van der Waals surface area contributed by atoms with E-state index in [1.807, 2.05) is 19.9 Å². The molecule has 0 atom stereocenters. The van der Waals surface area contributed by atoms with Gasteiger partial charge in [0.15, 0.2) is 5.82 Å². The maximum absolute atomic E-state index is 12.3. The lowest BCUT2D eigenvalue weighted by atomic mass is 10.2. The van der Waals surface area contributed by atoms with Gasteiger partial charge >= 0.3 is 6.03 Å². The minimum absolute atomic E-state index is 0.293. The molecule has 0 unspecified atom stereocenters. The van der Waals surface area contributed by atoms with Crippen molar-refractivity contribution in [3.63, 3.8) is 0 Å². The first-order valence-electron chi connectivity index (χ1n) is 10.9. The molecule has 0 aliphatic carbocycles. The zero-order valence-electron chi connectivity index (χ0n) is 19.6. The third-order valence-electron chi connectivity index (χ3n) is 5.16. The number of unbranched alkanes of at least 4 members (excludes halogenated alkanes) is 1. The number of carbonyl (C=O) groups excluding carboxylic acids is 1. The molecule has 2 aromatic heterocycles. The second kappa shape index (κ2) is 11.4. The zero-order chi connectivity index (χ0) is 23.8. The van der Waals surface area contributed by atoms with Crippen molar-refractivity contribution in [2.24, 2.45) is 0 Å². The van der Waals surface area contributed by atoms with E-state index >= 15 is 0 Å². The number of nitrogens with two attached hydrogens (primary N) is 1. The van der Waals surface area contributed by atoms with E-state index in [1.165, 1.54) is 0 Å². The number of imidazole rings is 1. The van der Waals surface area contributed by atoms with Crippen LogP contribution >= 0.6 is 0 Å². The number of urea groups is 1. The Kier molecular flexibility index (Phi) is 8.31. The number of anilines is 2. The lowest BCUT2D eigenvalue weighted by molar-refractivity contribution is 0.126. The van der Waals surface area contributed by atoms with Crippen LogP contribution in [0.2, 0.25) is 0 Å². The summed E-state index contributed by atoms with van der Waals surface area (Å²) in [7, 11) is 3.12. The summed E-state index contributed by atoms with van der Waals surface area (Å²) in [4.78, 5) is 21.2. The van der Waals surface area contributed by atoms with Crippen LogP contribution in [0.25, 0.3) is 11.0 Å². The third kappa shape index (κ3) is 6.04. The van der Waals surface area contributed by atoms with Gasteiger partial charge < -0.3 is 35.1 Å². The first kappa shape index (κ1) is 24.1. The third-order valence-corrected chi connectivity index (χ3v) is 5.16. The Morgan fingerprint density at radius 1 is 1.15 bits per heavy atom. The number of aromatic nitrogens is 3. The topological polar surface area (TPSA) is 126 Å². The molecule has 10 nitrogen and oxygen atoms in total. The van der Waals surface area contributed by atoms with Crippen molar-refractivity contribution in [3.05, 3.63) is 35.8 Å². The highest BCUT2D eigenvalue weighted by atomic mass is 16.5. The van der Waals surface area contributed by atoms with Crippen molar-refractivity contribution in [1.82, 2.24) is 19.9 Å². The van der Waals surface area contributed by atoms with E-state index in [4.69, 9.17) is 19.9 Å². The number of hydrogen-bond donors (Lipinski definition) is 3. The molecular weight excluding hydrogens is 424 g/mol. The molecular formula is C23H32N6O4. The fourth-order valence-electron chi connectivity index (χ4n) is 3.54. The van der Waals surface area contributed by atoms with Gasteiger partial charge in [-0.1, -0.05) is 0 Å². The molecule has 0 radical (unpaired) electrons. The average Bonchev–Trinajstić information content (AvgIpc) is 3.15. The number of nitrogens with one attached hydrogen (secondary N) is 2. The number of nitrogen functional groups attached to an aromatic ring is 1. The van der Waals surface area contributed by atoms with Gasteiger partial charge in [0, 0.05) is 31.5 Å². The Morgan fingerprint density at radius 3 is 2.70 bits per heavy atom. The quantitative estimate of drug-likeness (QED) is 0.377. The maximum atomic E-state index is 12.3. The molecule has 1 aromatic carbocycles. The molecule has 0 aliphatic rings. The summed E-state index contributed by atoms with van der Waals surface area (Å²) >= 11 is 0. The van der Waals surface area contributed by atoms with Crippen LogP contribution in [0.15, 0.2) is 24.3 Å². The summed E-state index contributed by atoms with van der Waals surface area (Å²) in [6.07, 6.45) is 1.64. The Hall–Kier alpha value is -3.53. The molecule has 2 heterocycles. The van der Waals surface area contributed by atoms with Crippen molar-refractivity contribution in [2.75, 3.05) is 38.4 Å². The van der Waals surface area contributed by atoms with Gasteiger partial charge in [-0.05, 0) is 44.9 Å². The predicted octanol–water partition coefficient (Wildman–Crippen LogP) is 3.48. The molecule has 33 heavy (non-hydrogen) atoms. The highest BCUT2D eigenvalue weighted by molar-refractivity contribution is 5.91. The molecule has 4 N–H and O–H groups in total. The van der Waals surface area contributed by atoms with Crippen LogP contribution in [0.4, 0.5) is 16.3 Å². The summed E-state index contributed by atoms with van der Waals surface area (Å²) in [5, 5.41) is 5.68. The molecule has 0 bridgehead atoms. The fourth-order valence-corrected chi connectivity index (χ4v) is 3.54. The number of aryl methyl sites for hydroxylation is 2. The van der Waals surface area contributed by atoms with Crippen molar-refractivity contribution in [1.29, 1.82) is 0 Å². The Morgan fingerprint density at radius 2 is 1.97 bits per heavy atom. The van der Waals surface area contributed by atoms with Crippen LogP contribution in [-0.2, 0) is 17.9 Å². The average molecular weight is 457 g/mol. The number of benzene rings is 1. The molecule has 0 aliphatic heterocycles. The van der Waals surface area contributed by atoms with Crippen molar-refractivity contribution < 1.29 is 19.0 Å². The van der Waals surface area contributed by atoms with Gasteiger partial charge in [0.25, 0.3) is 0 Å². The Balaban J connectivity index is 1.55. The number of ether oxygens (including phenoxy) is 3. The summed E-state index contributed by atoms with van der Waals surface area (Å²) in [6, 6.07) is 6.91. The minimum atomic E-state index is -0.293. The largest absolute Gasteiger partial charge is 0.497 e. The Labute approximate surface area is 193 Å². The zero-order valence-corrected chi connectivity index (χ0v) is 19.6. The number of hydrogen-bond acceptors (Lipinski definition) is 7. The van der Waals surface area contributed by atoms with Crippen LogP contribution in [0.1, 0.15) is 31.3 Å².